The molecule has 0 saturated heterocycles. The summed E-state index contributed by atoms with van der Waals surface area (Å²) in [5, 5.41) is 0. The predicted octanol–water partition coefficient (Wildman–Crippen LogP) is 1.72. The first-order chi connectivity index (χ1) is 6.24. The van der Waals surface area contributed by atoms with Crippen LogP contribution in [0.5, 0.6) is 5.75 Å². The second-order valence-corrected chi connectivity index (χ2v) is 2.85. The first-order valence-corrected chi connectivity index (χ1v) is 4.16. The van der Waals surface area contributed by atoms with Crippen LogP contribution < -0.4 is 10.5 Å². The molecule has 0 bridgehead atoms. The Bertz CT molecular complexity index is 312. The fourth-order valence-electron chi connectivity index (χ4n) is 1.01. The van der Waals surface area contributed by atoms with Gasteiger partial charge in [0.2, 0.25) is 0 Å². The summed E-state index contributed by atoms with van der Waals surface area (Å²) >= 11 is 0. The molecule has 0 heterocycles. The lowest BCUT2D eigenvalue weighted by molar-refractivity contribution is 0.370. The molecule has 2 nitrogen and oxygen atoms in total. The molecule has 0 spiro atoms. The predicted molar refractivity (Wildman–Crippen MR) is 53.4 cm³/mol. The highest BCUT2D eigenvalue weighted by Gasteiger charge is 1.99. The Kier molecular flexibility index (Phi) is 3.36. The largest absolute Gasteiger partial charge is 0.481 e. The van der Waals surface area contributed by atoms with Crippen molar-refractivity contribution in [1.29, 1.82) is 0 Å². The minimum absolute atomic E-state index is 0.0226. The molecule has 1 rings (SSSR count). The van der Waals surface area contributed by atoms with E-state index < -0.39 is 0 Å². The van der Waals surface area contributed by atoms with E-state index >= 15 is 0 Å². The average Bonchev–Trinajstić information content (AvgIpc) is 2.15. The molecular formula is C11H13NO. The molecule has 68 valence electrons. The Morgan fingerprint density at radius 3 is 3.00 bits per heavy atom. The van der Waals surface area contributed by atoms with E-state index in [-0.39, 0.29) is 6.04 Å². The van der Waals surface area contributed by atoms with Gasteiger partial charge in [0.1, 0.15) is 12.4 Å². The Hall–Kier alpha value is -1.46. The van der Waals surface area contributed by atoms with Crippen molar-refractivity contribution in [2.45, 2.75) is 13.0 Å². The SMILES string of the molecule is C#CCOc1cccc([C@@H](C)N)c1. The Labute approximate surface area is 78.7 Å². The third-order valence-corrected chi connectivity index (χ3v) is 1.71. The molecule has 1 atom stereocenters. The molecule has 0 fully saturated rings. The molecule has 0 aliphatic rings. The maximum atomic E-state index is 5.72. The Morgan fingerprint density at radius 2 is 2.38 bits per heavy atom. The van der Waals surface area contributed by atoms with E-state index in [0.717, 1.165) is 11.3 Å². The van der Waals surface area contributed by atoms with Gasteiger partial charge in [0.15, 0.2) is 0 Å². The molecule has 13 heavy (non-hydrogen) atoms. The summed E-state index contributed by atoms with van der Waals surface area (Å²) in [7, 11) is 0. The number of hydrogen-bond acceptors (Lipinski definition) is 2. The zero-order valence-corrected chi connectivity index (χ0v) is 7.66. The first kappa shape index (κ1) is 9.63. The van der Waals surface area contributed by atoms with Crippen LogP contribution in [0.4, 0.5) is 0 Å². The zero-order chi connectivity index (χ0) is 9.68. The van der Waals surface area contributed by atoms with Crippen molar-refractivity contribution in [3.63, 3.8) is 0 Å². The Balaban J connectivity index is 2.75. The van der Waals surface area contributed by atoms with Gasteiger partial charge in [0.05, 0.1) is 0 Å². The number of nitrogens with two attached hydrogens (primary N) is 1. The molecule has 2 N–H and O–H groups in total. The first-order valence-electron chi connectivity index (χ1n) is 4.16. The van der Waals surface area contributed by atoms with Gasteiger partial charge in [0, 0.05) is 6.04 Å². The van der Waals surface area contributed by atoms with Crippen LogP contribution in [0.15, 0.2) is 24.3 Å². The van der Waals surface area contributed by atoms with E-state index in [1.807, 2.05) is 31.2 Å². The lowest BCUT2D eigenvalue weighted by Crippen LogP contribution is -2.05. The number of rotatable bonds is 3. The lowest BCUT2D eigenvalue weighted by Gasteiger charge is -2.07. The summed E-state index contributed by atoms with van der Waals surface area (Å²) in [4.78, 5) is 0. The highest BCUT2D eigenvalue weighted by Crippen LogP contribution is 2.17. The van der Waals surface area contributed by atoms with E-state index in [4.69, 9.17) is 16.9 Å². The summed E-state index contributed by atoms with van der Waals surface area (Å²) in [6.45, 7) is 2.22. The minimum Gasteiger partial charge on any atom is -0.481 e. The van der Waals surface area contributed by atoms with E-state index in [1.54, 1.807) is 0 Å². The van der Waals surface area contributed by atoms with Gasteiger partial charge >= 0.3 is 0 Å². The standard InChI is InChI=1S/C11H13NO/c1-3-7-13-11-6-4-5-10(8-11)9(2)12/h1,4-6,8-9H,7,12H2,2H3/t9-/m1/s1. The van der Waals surface area contributed by atoms with E-state index in [1.165, 1.54) is 0 Å². The van der Waals surface area contributed by atoms with Gasteiger partial charge in [-0.15, -0.1) is 6.42 Å². The molecule has 0 amide bonds. The fourth-order valence-corrected chi connectivity index (χ4v) is 1.01. The maximum Gasteiger partial charge on any atom is 0.148 e. The molecule has 0 aromatic heterocycles. The van der Waals surface area contributed by atoms with E-state index in [0.29, 0.717) is 6.61 Å². The van der Waals surface area contributed by atoms with Gasteiger partial charge < -0.3 is 10.5 Å². The number of hydrogen-bond donors (Lipinski definition) is 1. The fraction of sp³-hybridized carbons (Fsp3) is 0.273. The molecule has 0 aliphatic heterocycles. The molecule has 0 unspecified atom stereocenters. The second-order valence-electron chi connectivity index (χ2n) is 2.85. The summed E-state index contributed by atoms with van der Waals surface area (Å²) in [5.41, 5.74) is 6.77. The summed E-state index contributed by atoms with van der Waals surface area (Å²) in [5.74, 6) is 3.18. The molecule has 0 radical (unpaired) electrons. The van der Waals surface area contributed by atoms with Crippen molar-refractivity contribution in [3.05, 3.63) is 29.8 Å². The van der Waals surface area contributed by atoms with E-state index in [9.17, 15) is 0 Å². The summed E-state index contributed by atoms with van der Waals surface area (Å²) in [6.07, 6.45) is 5.07. The Morgan fingerprint density at radius 1 is 1.62 bits per heavy atom. The number of ether oxygens (including phenoxy) is 1. The third kappa shape index (κ3) is 2.81. The van der Waals surface area contributed by atoms with Gasteiger partial charge in [-0.1, -0.05) is 18.1 Å². The summed E-state index contributed by atoms with van der Waals surface area (Å²) in [6, 6.07) is 7.66. The van der Waals surface area contributed by atoms with Crippen LogP contribution in [0, 0.1) is 12.3 Å². The normalized spacial score (nSPS) is 11.8. The third-order valence-electron chi connectivity index (χ3n) is 1.71. The molecule has 0 saturated carbocycles. The molecule has 0 aliphatic carbocycles. The van der Waals surface area contributed by atoms with Gasteiger partial charge in [-0.25, -0.2) is 0 Å². The number of benzene rings is 1. The quantitative estimate of drug-likeness (QED) is 0.710. The van der Waals surface area contributed by atoms with Gasteiger partial charge in [0.25, 0.3) is 0 Å². The van der Waals surface area contributed by atoms with Crippen molar-refractivity contribution in [3.8, 4) is 18.1 Å². The van der Waals surface area contributed by atoms with Crippen LogP contribution in [0.25, 0.3) is 0 Å². The molecule has 1 aromatic rings. The van der Waals surface area contributed by atoms with Crippen LogP contribution in [0.3, 0.4) is 0 Å². The second kappa shape index (κ2) is 4.54. The van der Waals surface area contributed by atoms with Crippen LogP contribution in [0.1, 0.15) is 18.5 Å². The zero-order valence-electron chi connectivity index (χ0n) is 7.66. The van der Waals surface area contributed by atoms with Gasteiger partial charge in [-0.3, -0.25) is 0 Å². The van der Waals surface area contributed by atoms with Crippen molar-refractivity contribution in [1.82, 2.24) is 0 Å². The monoisotopic (exact) mass is 175 g/mol. The van der Waals surface area contributed by atoms with Crippen LogP contribution in [-0.4, -0.2) is 6.61 Å². The van der Waals surface area contributed by atoms with Crippen LogP contribution in [-0.2, 0) is 0 Å². The molecular weight excluding hydrogens is 162 g/mol. The molecule has 2 heteroatoms. The topological polar surface area (TPSA) is 35.2 Å². The van der Waals surface area contributed by atoms with Gasteiger partial charge in [-0.05, 0) is 24.6 Å². The smallest absolute Gasteiger partial charge is 0.148 e. The average molecular weight is 175 g/mol. The summed E-state index contributed by atoms with van der Waals surface area (Å²) < 4.78 is 5.25. The van der Waals surface area contributed by atoms with Crippen molar-refractivity contribution >= 4 is 0 Å². The molecule has 1 aromatic carbocycles. The van der Waals surface area contributed by atoms with Gasteiger partial charge in [-0.2, -0.15) is 0 Å². The van der Waals surface area contributed by atoms with E-state index in [2.05, 4.69) is 5.92 Å². The van der Waals surface area contributed by atoms with Crippen LogP contribution in [0.2, 0.25) is 0 Å². The minimum atomic E-state index is 0.0226. The lowest BCUT2D eigenvalue weighted by atomic mass is 10.1. The highest BCUT2D eigenvalue weighted by atomic mass is 16.5. The van der Waals surface area contributed by atoms with Crippen molar-refractivity contribution < 1.29 is 4.74 Å². The van der Waals surface area contributed by atoms with Crippen molar-refractivity contribution in [2.75, 3.05) is 6.61 Å². The maximum absolute atomic E-state index is 5.72. The number of terminal acetylenes is 1. The van der Waals surface area contributed by atoms with Crippen LogP contribution >= 0.6 is 0 Å². The van der Waals surface area contributed by atoms with Crippen molar-refractivity contribution in [2.24, 2.45) is 5.73 Å². The highest BCUT2D eigenvalue weighted by molar-refractivity contribution is 5.30.